The predicted molar refractivity (Wildman–Crippen MR) is 78.0 cm³/mol. The summed E-state index contributed by atoms with van der Waals surface area (Å²) < 4.78 is 7.92. The van der Waals surface area contributed by atoms with Crippen molar-refractivity contribution in [1.82, 2.24) is 19.3 Å². The lowest BCUT2D eigenvalue weighted by Gasteiger charge is -2.07. The summed E-state index contributed by atoms with van der Waals surface area (Å²) >= 11 is 2.90. The standard InChI is InChI=1S/C11H14N4O3S2/c1-14-7(4-9(16)15(2)11(14)17)5-20-10-13-12-8(18-10)6-19-3/h4H,5-6H2,1-3H3. The predicted octanol–water partition coefficient (Wildman–Crippen LogP) is 0.622. The fourth-order valence-electron chi connectivity index (χ4n) is 1.53. The van der Waals surface area contributed by atoms with Crippen LogP contribution in [0.5, 0.6) is 0 Å². The third-order valence-electron chi connectivity index (χ3n) is 2.68. The first kappa shape index (κ1) is 14.9. The zero-order valence-corrected chi connectivity index (χ0v) is 13.0. The molecular weight excluding hydrogens is 300 g/mol. The number of hydrogen-bond acceptors (Lipinski definition) is 7. The van der Waals surface area contributed by atoms with Crippen molar-refractivity contribution < 1.29 is 4.42 Å². The minimum absolute atomic E-state index is 0.322. The van der Waals surface area contributed by atoms with Crippen molar-refractivity contribution in [2.75, 3.05) is 6.26 Å². The molecule has 0 amide bonds. The van der Waals surface area contributed by atoms with Crippen molar-refractivity contribution in [3.05, 3.63) is 38.5 Å². The molecule has 0 spiro atoms. The highest BCUT2D eigenvalue weighted by molar-refractivity contribution is 7.98. The normalized spacial score (nSPS) is 10.9. The van der Waals surface area contributed by atoms with E-state index in [9.17, 15) is 9.59 Å². The van der Waals surface area contributed by atoms with Crippen molar-refractivity contribution >= 4 is 23.5 Å². The second kappa shape index (κ2) is 6.31. The van der Waals surface area contributed by atoms with Crippen molar-refractivity contribution in [2.45, 2.75) is 16.7 Å². The Kier molecular flexibility index (Phi) is 4.71. The van der Waals surface area contributed by atoms with Gasteiger partial charge in [0.25, 0.3) is 10.8 Å². The van der Waals surface area contributed by atoms with Crippen LogP contribution in [0.15, 0.2) is 25.3 Å². The van der Waals surface area contributed by atoms with E-state index in [2.05, 4.69) is 10.2 Å². The van der Waals surface area contributed by atoms with E-state index in [0.29, 0.717) is 28.3 Å². The average molecular weight is 314 g/mol. The van der Waals surface area contributed by atoms with Crippen LogP contribution in [0, 0.1) is 0 Å². The molecule has 2 heterocycles. The molecule has 0 unspecified atom stereocenters. The molecule has 2 rings (SSSR count). The molecule has 0 N–H and O–H groups in total. The van der Waals surface area contributed by atoms with Crippen molar-refractivity contribution in [1.29, 1.82) is 0 Å². The maximum atomic E-state index is 11.8. The van der Waals surface area contributed by atoms with Crippen LogP contribution < -0.4 is 11.2 Å². The largest absolute Gasteiger partial charge is 0.415 e. The van der Waals surface area contributed by atoms with Crippen LogP contribution in [0.3, 0.4) is 0 Å². The third kappa shape index (κ3) is 3.15. The molecule has 0 atom stereocenters. The SMILES string of the molecule is CSCc1nnc(SCc2cc(=O)n(C)c(=O)n2C)o1. The van der Waals surface area contributed by atoms with Gasteiger partial charge in [0.2, 0.25) is 5.89 Å². The maximum Gasteiger partial charge on any atom is 0.330 e. The average Bonchev–Trinajstić information content (AvgIpc) is 2.87. The topological polar surface area (TPSA) is 82.9 Å². The zero-order valence-electron chi connectivity index (χ0n) is 11.3. The van der Waals surface area contributed by atoms with Gasteiger partial charge in [0.15, 0.2) is 0 Å². The number of aromatic nitrogens is 4. The maximum absolute atomic E-state index is 11.8. The quantitative estimate of drug-likeness (QED) is 0.748. The number of rotatable bonds is 5. The minimum Gasteiger partial charge on any atom is -0.415 e. The Bertz CT molecular complexity index is 719. The van der Waals surface area contributed by atoms with Gasteiger partial charge in [-0.3, -0.25) is 13.9 Å². The summed E-state index contributed by atoms with van der Waals surface area (Å²) in [5, 5.41) is 8.23. The van der Waals surface area contributed by atoms with Crippen molar-refractivity contribution in [2.24, 2.45) is 14.1 Å². The first-order valence-electron chi connectivity index (χ1n) is 5.73. The number of thioether (sulfide) groups is 2. The van der Waals surface area contributed by atoms with Gasteiger partial charge in [0, 0.05) is 31.6 Å². The van der Waals surface area contributed by atoms with Gasteiger partial charge in [-0.2, -0.15) is 11.8 Å². The van der Waals surface area contributed by atoms with E-state index in [0.717, 1.165) is 4.57 Å². The summed E-state index contributed by atoms with van der Waals surface area (Å²) in [6, 6.07) is 1.44. The lowest BCUT2D eigenvalue weighted by Crippen LogP contribution is -2.37. The molecule has 0 aliphatic rings. The van der Waals surface area contributed by atoms with E-state index >= 15 is 0 Å². The second-order valence-corrected chi connectivity index (χ2v) is 5.85. The van der Waals surface area contributed by atoms with Crippen LogP contribution in [0.1, 0.15) is 11.6 Å². The Morgan fingerprint density at radius 3 is 2.65 bits per heavy atom. The van der Waals surface area contributed by atoms with Crippen LogP contribution in [0.4, 0.5) is 0 Å². The van der Waals surface area contributed by atoms with Gasteiger partial charge in [-0.15, -0.1) is 10.2 Å². The summed E-state index contributed by atoms with van der Waals surface area (Å²) in [6.07, 6.45) is 1.95. The Balaban J connectivity index is 2.14. The first-order chi connectivity index (χ1) is 9.52. The van der Waals surface area contributed by atoms with Gasteiger partial charge < -0.3 is 4.42 Å². The van der Waals surface area contributed by atoms with Crippen molar-refractivity contribution in [3.8, 4) is 0 Å². The highest BCUT2D eigenvalue weighted by atomic mass is 32.2. The summed E-state index contributed by atoms with van der Waals surface area (Å²) in [5.74, 6) is 1.65. The first-order valence-corrected chi connectivity index (χ1v) is 8.11. The smallest absolute Gasteiger partial charge is 0.330 e. The molecule has 2 aromatic heterocycles. The molecule has 0 saturated heterocycles. The van der Waals surface area contributed by atoms with Gasteiger partial charge in [-0.25, -0.2) is 4.79 Å². The summed E-state index contributed by atoms with van der Waals surface area (Å²) in [7, 11) is 3.08. The Morgan fingerprint density at radius 2 is 1.95 bits per heavy atom. The Morgan fingerprint density at radius 1 is 1.20 bits per heavy atom. The lowest BCUT2D eigenvalue weighted by atomic mass is 10.4. The lowest BCUT2D eigenvalue weighted by molar-refractivity contribution is 0.426. The van der Waals surface area contributed by atoms with Gasteiger partial charge >= 0.3 is 5.69 Å². The zero-order chi connectivity index (χ0) is 14.7. The van der Waals surface area contributed by atoms with Gasteiger partial charge in [0.1, 0.15) is 0 Å². The number of hydrogen-bond donors (Lipinski definition) is 0. The van der Waals surface area contributed by atoms with Gasteiger partial charge in [0.05, 0.1) is 5.75 Å². The monoisotopic (exact) mass is 314 g/mol. The molecule has 108 valence electrons. The van der Waals surface area contributed by atoms with Crippen molar-refractivity contribution in [3.63, 3.8) is 0 Å². The third-order valence-corrected chi connectivity index (χ3v) is 4.07. The summed E-state index contributed by atoms with van der Waals surface area (Å²) in [5.41, 5.74) is -0.0493. The van der Waals surface area contributed by atoms with Gasteiger partial charge in [-0.05, 0) is 6.26 Å². The molecule has 0 aromatic carbocycles. The van der Waals surface area contributed by atoms with E-state index in [1.54, 1.807) is 18.8 Å². The molecule has 7 nitrogen and oxygen atoms in total. The Labute approximate surface area is 123 Å². The molecule has 2 aromatic rings. The molecule has 20 heavy (non-hydrogen) atoms. The second-order valence-electron chi connectivity index (χ2n) is 4.06. The molecular formula is C11H14N4O3S2. The summed E-state index contributed by atoms with van der Waals surface area (Å²) in [6.45, 7) is 0. The van der Waals surface area contributed by atoms with E-state index in [4.69, 9.17) is 4.42 Å². The van der Waals surface area contributed by atoms with E-state index in [-0.39, 0.29) is 11.2 Å². The highest BCUT2D eigenvalue weighted by Crippen LogP contribution is 2.21. The van der Waals surface area contributed by atoms with E-state index < -0.39 is 0 Å². The fourth-order valence-corrected chi connectivity index (χ4v) is 2.70. The molecule has 0 aliphatic carbocycles. The molecule has 0 fully saturated rings. The van der Waals surface area contributed by atoms with Crippen LogP contribution in [-0.2, 0) is 25.6 Å². The minimum atomic E-state index is -0.346. The van der Waals surface area contributed by atoms with E-state index in [1.807, 2.05) is 6.26 Å². The van der Waals surface area contributed by atoms with Gasteiger partial charge in [-0.1, -0.05) is 11.8 Å². The fraction of sp³-hybridized carbons (Fsp3) is 0.455. The molecule has 0 radical (unpaired) electrons. The van der Waals surface area contributed by atoms with Crippen LogP contribution in [-0.4, -0.2) is 25.6 Å². The molecule has 9 heteroatoms. The van der Waals surface area contributed by atoms with Crippen LogP contribution in [0.2, 0.25) is 0 Å². The van der Waals surface area contributed by atoms with Crippen LogP contribution >= 0.6 is 23.5 Å². The number of nitrogens with zero attached hydrogens (tertiary/aromatic N) is 4. The Hall–Kier alpha value is -1.48. The van der Waals surface area contributed by atoms with E-state index in [1.165, 1.54) is 29.4 Å². The van der Waals surface area contributed by atoms with Crippen LogP contribution in [0.25, 0.3) is 0 Å². The highest BCUT2D eigenvalue weighted by Gasteiger charge is 2.10. The molecule has 0 saturated carbocycles. The molecule has 0 bridgehead atoms. The molecule has 0 aliphatic heterocycles. The summed E-state index contributed by atoms with van der Waals surface area (Å²) in [4.78, 5) is 23.4.